The third kappa shape index (κ3) is 4.93. The van der Waals surface area contributed by atoms with Gasteiger partial charge in [-0.1, -0.05) is 31.9 Å². The van der Waals surface area contributed by atoms with Crippen LogP contribution in [-0.2, 0) is 0 Å². The predicted octanol–water partition coefficient (Wildman–Crippen LogP) is 5.23. The number of benzene rings is 2. The van der Waals surface area contributed by atoms with Crippen molar-refractivity contribution in [3.05, 3.63) is 67.6 Å². The van der Waals surface area contributed by atoms with Gasteiger partial charge in [0.05, 0.1) is 11.1 Å². The molecule has 0 atom stereocenters. The van der Waals surface area contributed by atoms with E-state index in [2.05, 4.69) is 31.9 Å². The molecule has 2 nitrogen and oxygen atoms in total. The third-order valence-electron chi connectivity index (χ3n) is 2.42. The van der Waals surface area contributed by atoms with Crippen LogP contribution in [0.3, 0.4) is 0 Å². The minimum atomic E-state index is -0.489. The summed E-state index contributed by atoms with van der Waals surface area (Å²) in [5.41, 5.74) is 0.843. The van der Waals surface area contributed by atoms with E-state index in [1.54, 1.807) is 31.2 Å². The Balaban J connectivity index is 0.000000211. The van der Waals surface area contributed by atoms with E-state index in [0.717, 1.165) is 0 Å². The minimum Gasteiger partial charge on any atom is -0.206 e. The summed E-state index contributed by atoms with van der Waals surface area (Å²) in [6.45, 7) is 1.70. The summed E-state index contributed by atoms with van der Waals surface area (Å²) in [5, 5.41) is 16.8. The van der Waals surface area contributed by atoms with Crippen LogP contribution in [0.25, 0.3) is 0 Å². The van der Waals surface area contributed by atoms with E-state index in [9.17, 15) is 8.78 Å². The average Bonchev–Trinajstić information content (AvgIpc) is 2.39. The second kappa shape index (κ2) is 7.87. The third-order valence-corrected chi connectivity index (χ3v) is 3.37. The first-order valence-corrected chi connectivity index (χ1v) is 7.18. The molecule has 2 rings (SSSR count). The number of halogens is 4. The van der Waals surface area contributed by atoms with Gasteiger partial charge in [0, 0.05) is 8.95 Å². The SMILES string of the molecule is Cc1cc(Br)cc(F)c1C#N.N#Cc1ccc(Br)cc1F. The first-order valence-electron chi connectivity index (χ1n) is 5.60. The van der Waals surface area contributed by atoms with Gasteiger partial charge in [0.2, 0.25) is 0 Å². The Morgan fingerprint density at radius 3 is 2.00 bits per heavy atom. The highest BCUT2D eigenvalue weighted by Gasteiger charge is 2.05. The van der Waals surface area contributed by atoms with Crippen LogP contribution in [0.5, 0.6) is 0 Å². The quantitative estimate of drug-likeness (QED) is 0.593. The van der Waals surface area contributed by atoms with Gasteiger partial charge >= 0.3 is 0 Å². The maximum absolute atomic E-state index is 12.9. The molecule has 0 aliphatic carbocycles. The van der Waals surface area contributed by atoms with E-state index in [1.165, 1.54) is 18.2 Å². The first-order chi connectivity index (χ1) is 9.88. The number of nitriles is 2. The van der Waals surface area contributed by atoms with Crippen molar-refractivity contribution in [3.8, 4) is 12.1 Å². The van der Waals surface area contributed by atoms with Crippen molar-refractivity contribution < 1.29 is 8.78 Å². The smallest absolute Gasteiger partial charge is 0.142 e. The summed E-state index contributed by atoms with van der Waals surface area (Å²) in [5.74, 6) is -0.962. The molecule has 0 saturated heterocycles. The molecular weight excluding hydrogens is 406 g/mol. The lowest BCUT2D eigenvalue weighted by atomic mass is 10.1. The lowest BCUT2D eigenvalue weighted by molar-refractivity contribution is 0.621. The van der Waals surface area contributed by atoms with E-state index in [1.807, 2.05) is 0 Å². The monoisotopic (exact) mass is 412 g/mol. The fourth-order valence-corrected chi connectivity index (χ4v) is 2.30. The highest BCUT2D eigenvalue weighted by molar-refractivity contribution is 9.10. The summed E-state index contributed by atoms with van der Waals surface area (Å²) >= 11 is 6.20. The second-order valence-electron chi connectivity index (χ2n) is 3.93. The zero-order chi connectivity index (χ0) is 16.0. The fourth-order valence-electron chi connectivity index (χ4n) is 1.42. The Morgan fingerprint density at radius 1 is 0.905 bits per heavy atom. The van der Waals surface area contributed by atoms with Crippen molar-refractivity contribution in [2.75, 3.05) is 0 Å². The summed E-state index contributed by atoms with van der Waals surface area (Å²) < 4.78 is 26.8. The molecule has 0 amide bonds. The largest absolute Gasteiger partial charge is 0.206 e. The Kier molecular flexibility index (Phi) is 6.48. The molecule has 2 aromatic carbocycles. The Morgan fingerprint density at radius 2 is 1.52 bits per heavy atom. The predicted molar refractivity (Wildman–Crippen MR) is 82.4 cm³/mol. The molecule has 0 aliphatic heterocycles. The number of hydrogen-bond donors (Lipinski definition) is 0. The van der Waals surface area contributed by atoms with Gasteiger partial charge < -0.3 is 0 Å². The molecule has 0 N–H and O–H groups in total. The van der Waals surface area contributed by atoms with Crippen molar-refractivity contribution in [2.24, 2.45) is 0 Å². The Bertz CT molecular complexity index is 723. The Hall–Kier alpha value is -1.76. The summed E-state index contributed by atoms with van der Waals surface area (Å²) in [6, 6.07) is 10.8. The van der Waals surface area contributed by atoms with Crippen LogP contribution < -0.4 is 0 Å². The van der Waals surface area contributed by atoms with Gasteiger partial charge in [-0.05, 0) is 42.8 Å². The molecule has 2 aromatic rings. The lowest BCUT2D eigenvalue weighted by Gasteiger charge is -1.98. The molecule has 0 bridgehead atoms. The highest BCUT2D eigenvalue weighted by Crippen LogP contribution is 2.18. The van der Waals surface area contributed by atoms with Crippen molar-refractivity contribution >= 4 is 31.9 Å². The molecule has 106 valence electrons. The molecule has 0 aromatic heterocycles. The van der Waals surface area contributed by atoms with E-state index in [-0.39, 0.29) is 11.1 Å². The van der Waals surface area contributed by atoms with Crippen LogP contribution in [-0.4, -0.2) is 0 Å². The van der Waals surface area contributed by atoms with Gasteiger partial charge in [0.15, 0.2) is 0 Å². The molecule has 0 radical (unpaired) electrons. The summed E-state index contributed by atoms with van der Waals surface area (Å²) in [6.07, 6.45) is 0. The van der Waals surface area contributed by atoms with Crippen LogP contribution in [0.1, 0.15) is 16.7 Å². The second-order valence-corrected chi connectivity index (χ2v) is 5.76. The standard InChI is InChI=1S/C8H5BrFN.C7H3BrFN/c1-5-2-6(9)3-8(10)7(5)4-11;8-6-2-1-5(4-10)7(9)3-6/h2-3H,1H3;1-3H. The van der Waals surface area contributed by atoms with E-state index < -0.39 is 11.6 Å². The van der Waals surface area contributed by atoms with Gasteiger partial charge in [0.25, 0.3) is 0 Å². The fraction of sp³-hybridized carbons (Fsp3) is 0.0667. The topological polar surface area (TPSA) is 47.6 Å². The van der Waals surface area contributed by atoms with Gasteiger partial charge in [0.1, 0.15) is 23.8 Å². The van der Waals surface area contributed by atoms with Gasteiger partial charge in [-0.3, -0.25) is 0 Å². The van der Waals surface area contributed by atoms with Crippen LogP contribution >= 0.6 is 31.9 Å². The van der Waals surface area contributed by atoms with Crippen molar-refractivity contribution in [2.45, 2.75) is 6.92 Å². The lowest BCUT2D eigenvalue weighted by Crippen LogP contribution is -1.87. The summed E-state index contributed by atoms with van der Waals surface area (Å²) in [4.78, 5) is 0. The molecule has 0 fully saturated rings. The molecular formula is C15H8Br2F2N2. The summed E-state index contributed by atoms with van der Waals surface area (Å²) in [7, 11) is 0. The number of nitrogens with zero attached hydrogens (tertiary/aromatic N) is 2. The van der Waals surface area contributed by atoms with E-state index in [4.69, 9.17) is 10.5 Å². The van der Waals surface area contributed by atoms with Crippen LogP contribution in [0.4, 0.5) is 8.78 Å². The van der Waals surface area contributed by atoms with Gasteiger partial charge in [-0.25, -0.2) is 8.78 Å². The number of hydrogen-bond acceptors (Lipinski definition) is 2. The van der Waals surface area contributed by atoms with Crippen molar-refractivity contribution in [3.63, 3.8) is 0 Å². The minimum absolute atomic E-state index is 0.0724. The number of rotatable bonds is 0. The van der Waals surface area contributed by atoms with E-state index in [0.29, 0.717) is 14.5 Å². The van der Waals surface area contributed by atoms with Crippen molar-refractivity contribution in [1.82, 2.24) is 0 Å². The first kappa shape index (κ1) is 17.3. The molecule has 0 spiro atoms. The Labute approximate surface area is 137 Å². The molecule has 6 heteroatoms. The normalized spacial score (nSPS) is 9.10. The van der Waals surface area contributed by atoms with Crippen molar-refractivity contribution in [1.29, 1.82) is 10.5 Å². The molecule has 0 heterocycles. The van der Waals surface area contributed by atoms with Crippen LogP contribution in [0.2, 0.25) is 0 Å². The number of aryl methyl sites for hydroxylation is 1. The maximum Gasteiger partial charge on any atom is 0.142 e. The van der Waals surface area contributed by atoms with Crippen LogP contribution in [0.15, 0.2) is 39.3 Å². The maximum atomic E-state index is 12.9. The van der Waals surface area contributed by atoms with Gasteiger partial charge in [-0.2, -0.15) is 10.5 Å². The highest BCUT2D eigenvalue weighted by atomic mass is 79.9. The zero-order valence-electron chi connectivity index (χ0n) is 10.8. The molecule has 0 aliphatic rings. The van der Waals surface area contributed by atoms with E-state index >= 15 is 0 Å². The van der Waals surface area contributed by atoms with Gasteiger partial charge in [-0.15, -0.1) is 0 Å². The molecule has 0 unspecified atom stereocenters. The zero-order valence-corrected chi connectivity index (χ0v) is 14.0. The van der Waals surface area contributed by atoms with Crippen LogP contribution in [0, 0.1) is 41.2 Å². The average molecular weight is 414 g/mol. The molecule has 0 saturated carbocycles. The molecule has 21 heavy (non-hydrogen) atoms.